The number of para-hydroxylation sites is 1. The molecule has 6 nitrogen and oxygen atoms in total. The average molecular weight is 329 g/mol. The van der Waals surface area contributed by atoms with Crippen LogP contribution in [-0.2, 0) is 11.2 Å². The maximum Gasteiger partial charge on any atom is 0.232 e. The van der Waals surface area contributed by atoms with Crippen LogP contribution in [0.2, 0.25) is 0 Å². The van der Waals surface area contributed by atoms with Crippen LogP contribution >= 0.6 is 11.3 Å². The van der Waals surface area contributed by atoms with E-state index in [2.05, 4.69) is 39.6 Å². The fourth-order valence-corrected chi connectivity index (χ4v) is 3.36. The fourth-order valence-electron chi connectivity index (χ4n) is 2.51. The van der Waals surface area contributed by atoms with Crippen LogP contribution in [0.5, 0.6) is 0 Å². The second-order valence-corrected chi connectivity index (χ2v) is 6.59. The number of fused-ring (bicyclic) bond motifs is 1. The molecule has 0 aliphatic heterocycles. The van der Waals surface area contributed by atoms with E-state index in [1.165, 1.54) is 11.3 Å². The number of carbonyl (C=O) groups is 1. The van der Waals surface area contributed by atoms with Crippen LogP contribution in [0.3, 0.4) is 0 Å². The third-order valence-corrected chi connectivity index (χ3v) is 4.78. The number of anilines is 1. The van der Waals surface area contributed by atoms with Gasteiger partial charge in [-0.1, -0.05) is 49.8 Å². The number of benzene rings is 1. The molecule has 1 aromatic carbocycles. The summed E-state index contributed by atoms with van der Waals surface area (Å²) in [7, 11) is 0. The van der Waals surface area contributed by atoms with Crippen molar-refractivity contribution in [3.05, 3.63) is 35.0 Å². The number of aromatic amines is 1. The molecule has 0 saturated heterocycles. The number of H-pyrrole nitrogens is 1. The maximum atomic E-state index is 12.2. The lowest BCUT2D eigenvalue weighted by molar-refractivity contribution is -0.115. The lowest BCUT2D eigenvalue weighted by atomic mass is 10.1. The van der Waals surface area contributed by atoms with Gasteiger partial charge < -0.3 is 5.32 Å². The minimum atomic E-state index is -0.120. The second-order valence-electron chi connectivity index (χ2n) is 5.58. The molecule has 0 spiro atoms. The fraction of sp³-hybridized carbons (Fsp3) is 0.375. The Labute approximate surface area is 138 Å². The van der Waals surface area contributed by atoms with Crippen LogP contribution in [-0.4, -0.2) is 26.3 Å². The molecular weight excluding hydrogens is 310 g/mol. The summed E-state index contributed by atoms with van der Waals surface area (Å²) in [5.74, 6) is 0.255. The van der Waals surface area contributed by atoms with Gasteiger partial charge in [0.25, 0.3) is 0 Å². The Morgan fingerprint density at radius 3 is 3.00 bits per heavy atom. The number of amides is 1. The number of aromatic nitrogens is 4. The highest BCUT2D eigenvalue weighted by molar-refractivity contribution is 7.15. The van der Waals surface area contributed by atoms with Gasteiger partial charge in [-0.05, 0) is 12.5 Å². The highest BCUT2D eigenvalue weighted by Gasteiger charge is 2.14. The Morgan fingerprint density at radius 2 is 2.17 bits per heavy atom. The van der Waals surface area contributed by atoms with Gasteiger partial charge in [-0.2, -0.15) is 5.10 Å². The first kappa shape index (κ1) is 15.6. The van der Waals surface area contributed by atoms with Crippen molar-refractivity contribution in [2.45, 2.75) is 39.0 Å². The van der Waals surface area contributed by atoms with Crippen LogP contribution in [0.15, 0.2) is 24.3 Å². The minimum absolute atomic E-state index is 0.120. The number of hydrogen-bond donors (Lipinski definition) is 2. The van der Waals surface area contributed by atoms with Gasteiger partial charge in [-0.15, -0.1) is 10.2 Å². The molecule has 0 radical (unpaired) electrons. The van der Waals surface area contributed by atoms with Gasteiger partial charge in [-0.25, -0.2) is 0 Å². The second kappa shape index (κ2) is 6.87. The summed E-state index contributed by atoms with van der Waals surface area (Å²) in [5, 5.41) is 20.7. The normalized spacial score (nSPS) is 12.4. The maximum absolute atomic E-state index is 12.2. The predicted octanol–water partition coefficient (Wildman–Crippen LogP) is 3.50. The van der Waals surface area contributed by atoms with E-state index in [4.69, 9.17) is 0 Å². The SMILES string of the molecule is CCC[C@H](C)c1nnc(NC(=O)Cc2[nH]nc3ccccc23)s1. The Balaban J connectivity index is 1.65. The van der Waals surface area contributed by atoms with Crippen molar-refractivity contribution in [1.29, 1.82) is 0 Å². The molecule has 0 saturated carbocycles. The summed E-state index contributed by atoms with van der Waals surface area (Å²) in [6.07, 6.45) is 2.41. The highest BCUT2D eigenvalue weighted by Crippen LogP contribution is 2.26. The molecule has 0 fully saturated rings. The van der Waals surface area contributed by atoms with E-state index in [9.17, 15) is 4.79 Å². The molecule has 0 bridgehead atoms. The zero-order valence-corrected chi connectivity index (χ0v) is 14.0. The molecule has 0 unspecified atom stereocenters. The van der Waals surface area contributed by atoms with Gasteiger partial charge in [0.1, 0.15) is 5.01 Å². The summed E-state index contributed by atoms with van der Waals surface area (Å²) in [6.45, 7) is 4.28. The molecule has 2 N–H and O–H groups in total. The van der Waals surface area contributed by atoms with Crippen molar-refractivity contribution in [3.8, 4) is 0 Å². The summed E-state index contributed by atoms with van der Waals surface area (Å²) in [5.41, 5.74) is 1.67. The van der Waals surface area contributed by atoms with E-state index in [0.717, 1.165) is 34.4 Å². The van der Waals surface area contributed by atoms with Crippen LogP contribution in [0.1, 0.15) is 43.3 Å². The molecule has 7 heteroatoms. The number of carbonyl (C=O) groups excluding carboxylic acids is 1. The molecule has 2 heterocycles. The Kier molecular flexibility index (Phi) is 4.66. The third kappa shape index (κ3) is 3.56. The summed E-state index contributed by atoms with van der Waals surface area (Å²) in [6, 6.07) is 7.73. The van der Waals surface area contributed by atoms with Crippen molar-refractivity contribution >= 4 is 33.3 Å². The molecule has 0 aliphatic carbocycles. The van der Waals surface area contributed by atoms with Crippen molar-refractivity contribution in [1.82, 2.24) is 20.4 Å². The molecule has 1 amide bonds. The van der Waals surface area contributed by atoms with Crippen LogP contribution in [0.4, 0.5) is 5.13 Å². The number of nitrogens with one attached hydrogen (secondary N) is 2. The van der Waals surface area contributed by atoms with Crippen LogP contribution in [0.25, 0.3) is 10.9 Å². The Bertz CT molecular complexity index is 810. The molecule has 23 heavy (non-hydrogen) atoms. The molecule has 3 rings (SSSR count). The monoisotopic (exact) mass is 329 g/mol. The van der Waals surface area contributed by atoms with E-state index in [1.807, 2.05) is 24.3 Å². The molecule has 120 valence electrons. The van der Waals surface area contributed by atoms with Crippen molar-refractivity contribution in [3.63, 3.8) is 0 Å². The average Bonchev–Trinajstić information content (AvgIpc) is 3.15. The van der Waals surface area contributed by atoms with Gasteiger partial charge in [0.2, 0.25) is 11.0 Å². The van der Waals surface area contributed by atoms with Gasteiger partial charge in [0.05, 0.1) is 17.6 Å². The number of rotatable bonds is 6. The van der Waals surface area contributed by atoms with E-state index >= 15 is 0 Å². The number of hydrogen-bond acceptors (Lipinski definition) is 5. The summed E-state index contributed by atoms with van der Waals surface area (Å²) < 4.78 is 0. The largest absolute Gasteiger partial charge is 0.300 e. The van der Waals surface area contributed by atoms with Gasteiger partial charge >= 0.3 is 0 Å². The quantitative estimate of drug-likeness (QED) is 0.725. The molecule has 2 aromatic heterocycles. The zero-order valence-electron chi connectivity index (χ0n) is 13.2. The zero-order chi connectivity index (χ0) is 16.2. The van der Waals surface area contributed by atoms with Crippen LogP contribution in [0, 0.1) is 0 Å². The van der Waals surface area contributed by atoms with E-state index in [-0.39, 0.29) is 12.3 Å². The third-order valence-electron chi connectivity index (χ3n) is 3.71. The van der Waals surface area contributed by atoms with Crippen molar-refractivity contribution in [2.24, 2.45) is 0 Å². The Hall–Kier alpha value is -2.28. The van der Waals surface area contributed by atoms with E-state index in [0.29, 0.717) is 11.0 Å². The minimum Gasteiger partial charge on any atom is -0.300 e. The van der Waals surface area contributed by atoms with Gasteiger partial charge in [-0.3, -0.25) is 9.89 Å². The van der Waals surface area contributed by atoms with E-state index in [1.54, 1.807) is 0 Å². The standard InChI is InChI=1S/C16H19N5OS/c1-3-6-10(2)15-20-21-16(23-15)17-14(22)9-13-11-7-4-5-8-12(11)18-19-13/h4-5,7-8,10H,3,6,9H2,1-2H3,(H,18,19)(H,17,21,22)/t10-/m0/s1. The lowest BCUT2D eigenvalue weighted by Crippen LogP contribution is -2.14. The smallest absolute Gasteiger partial charge is 0.232 e. The molecule has 1 atom stereocenters. The topological polar surface area (TPSA) is 83.6 Å². The van der Waals surface area contributed by atoms with Crippen molar-refractivity contribution in [2.75, 3.05) is 5.32 Å². The van der Waals surface area contributed by atoms with E-state index < -0.39 is 0 Å². The van der Waals surface area contributed by atoms with Gasteiger partial charge in [0, 0.05) is 11.3 Å². The molecular formula is C16H19N5OS. The first-order chi connectivity index (χ1) is 11.2. The van der Waals surface area contributed by atoms with Crippen LogP contribution < -0.4 is 5.32 Å². The van der Waals surface area contributed by atoms with Gasteiger partial charge in [0.15, 0.2) is 0 Å². The first-order valence-corrected chi connectivity index (χ1v) is 8.54. The molecule has 0 aliphatic rings. The van der Waals surface area contributed by atoms with Crippen molar-refractivity contribution < 1.29 is 4.79 Å². The predicted molar refractivity (Wildman–Crippen MR) is 91.7 cm³/mol. The summed E-state index contributed by atoms with van der Waals surface area (Å²) >= 11 is 1.45. The highest BCUT2D eigenvalue weighted by atomic mass is 32.1. The lowest BCUT2D eigenvalue weighted by Gasteiger charge is -2.03. The number of nitrogens with zero attached hydrogens (tertiary/aromatic N) is 3. The Morgan fingerprint density at radius 1 is 1.35 bits per heavy atom. The summed E-state index contributed by atoms with van der Waals surface area (Å²) in [4.78, 5) is 12.2. The molecule has 3 aromatic rings. The first-order valence-electron chi connectivity index (χ1n) is 7.72.